The molecule has 0 aliphatic carbocycles. The third kappa shape index (κ3) is 6.82. The number of pyridine rings is 1. The molecule has 29 heavy (non-hydrogen) atoms. The molecule has 0 saturated heterocycles. The lowest BCUT2D eigenvalue weighted by atomic mass is 10.1. The van der Waals surface area contributed by atoms with Gasteiger partial charge in [-0.05, 0) is 31.9 Å². The Balaban J connectivity index is 2.34. The summed E-state index contributed by atoms with van der Waals surface area (Å²) in [6, 6.07) is 11.7. The summed E-state index contributed by atoms with van der Waals surface area (Å²) in [6.45, 7) is 4.47. The molecular weight excluding hydrogens is 368 g/mol. The largest absolute Gasteiger partial charge is 0.385 e. The molecule has 0 amide bonds. The summed E-state index contributed by atoms with van der Waals surface area (Å²) in [4.78, 5) is 4.63. The molecule has 2 rings (SSSR count). The van der Waals surface area contributed by atoms with Gasteiger partial charge in [0.25, 0.3) is 0 Å². The third-order valence-electron chi connectivity index (χ3n) is 4.18. The summed E-state index contributed by atoms with van der Waals surface area (Å²) in [5.74, 6) is 1.13. The van der Waals surface area contributed by atoms with Crippen LogP contribution < -0.4 is 10.6 Å². The maximum atomic E-state index is 9.68. The van der Waals surface area contributed by atoms with E-state index in [9.17, 15) is 5.26 Å². The van der Waals surface area contributed by atoms with E-state index in [4.69, 9.17) is 9.47 Å². The molecule has 1 aromatic carbocycles. The predicted molar refractivity (Wildman–Crippen MR) is 114 cm³/mol. The zero-order chi connectivity index (χ0) is 20.9. The van der Waals surface area contributed by atoms with Crippen molar-refractivity contribution in [3.63, 3.8) is 0 Å². The lowest BCUT2D eigenvalue weighted by Crippen LogP contribution is -2.12. The van der Waals surface area contributed by atoms with Crippen molar-refractivity contribution in [3.8, 4) is 6.07 Å². The molecule has 0 unspecified atom stereocenters. The average Bonchev–Trinajstić information content (AvgIpc) is 2.74. The van der Waals surface area contributed by atoms with Crippen LogP contribution in [-0.4, -0.2) is 45.5 Å². The second-order valence-electron chi connectivity index (χ2n) is 6.35. The van der Waals surface area contributed by atoms with E-state index in [1.165, 1.54) is 0 Å². The summed E-state index contributed by atoms with van der Waals surface area (Å²) < 4.78 is 10.2. The molecule has 2 N–H and O–H groups in total. The maximum Gasteiger partial charge on any atom is 0.156 e. The molecule has 0 saturated carbocycles. The fraction of sp³-hybridized carbons (Fsp3) is 0.429. The van der Waals surface area contributed by atoms with Crippen molar-refractivity contribution >= 4 is 23.0 Å². The summed E-state index contributed by atoms with van der Waals surface area (Å²) in [5.41, 5.74) is 2.49. The molecule has 0 radical (unpaired) electrons. The number of nitriles is 1. The van der Waals surface area contributed by atoms with Crippen LogP contribution in [0.2, 0.25) is 0 Å². The number of aromatic nitrogens is 1. The molecule has 0 atom stereocenters. The number of ether oxygens (including phenoxy) is 2. The van der Waals surface area contributed by atoms with Crippen LogP contribution in [0.25, 0.3) is 0 Å². The van der Waals surface area contributed by atoms with Gasteiger partial charge in [-0.1, -0.05) is 18.2 Å². The number of hydrogen-bond acceptors (Lipinski definition) is 8. The number of methoxy groups -OCH3 is 2. The summed E-state index contributed by atoms with van der Waals surface area (Å²) >= 11 is 0. The van der Waals surface area contributed by atoms with Crippen LogP contribution in [0.15, 0.2) is 40.6 Å². The number of benzene rings is 1. The molecule has 0 bridgehead atoms. The Kier molecular flexibility index (Phi) is 9.55. The van der Waals surface area contributed by atoms with E-state index in [0.29, 0.717) is 49.2 Å². The zero-order valence-electron chi connectivity index (χ0n) is 17.2. The van der Waals surface area contributed by atoms with E-state index in [0.717, 1.165) is 24.1 Å². The van der Waals surface area contributed by atoms with Gasteiger partial charge in [0.05, 0.1) is 11.3 Å². The van der Waals surface area contributed by atoms with Gasteiger partial charge in [0.15, 0.2) is 5.82 Å². The molecule has 8 nitrogen and oxygen atoms in total. The summed E-state index contributed by atoms with van der Waals surface area (Å²) in [7, 11) is 3.34. The van der Waals surface area contributed by atoms with Crippen molar-refractivity contribution in [3.05, 3.63) is 41.5 Å². The number of nitrogens with one attached hydrogen (secondary N) is 2. The SMILES string of the molecule is COCCCNc1nc(NCCCOC)c(N=Nc2ccccc2)c(C)c1C#N. The Hall–Kier alpha value is -3.02. The van der Waals surface area contributed by atoms with Crippen LogP contribution in [-0.2, 0) is 9.47 Å². The van der Waals surface area contributed by atoms with E-state index in [1.54, 1.807) is 14.2 Å². The van der Waals surface area contributed by atoms with E-state index < -0.39 is 0 Å². The minimum atomic E-state index is 0.465. The van der Waals surface area contributed by atoms with Crippen LogP contribution in [0.4, 0.5) is 23.0 Å². The van der Waals surface area contributed by atoms with Gasteiger partial charge in [-0.2, -0.15) is 10.4 Å². The van der Waals surface area contributed by atoms with Gasteiger partial charge in [0.2, 0.25) is 0 Å². The monoisotopic (exact) mass is 396 g/mol. The van der Waals surface area contributed by atoms with E-state index in [-0.39, 0.29) is 0 Å². The van der Waals surface area contributed by atoms with Crippen LogP contribution in [0, 0.1) is 18.3 Å². The first-order chi connectivity index (χ1) is 14.2. The third-order valence-corrected chi connectivity index (χ3v) is 4.18. The van der Waals surface area contributed by atoms with Gasteiger partial charge in [0, 0.05) is 46.1 Å². The van der Waals surface area contributed by atoms with Crippen molar-refractivity contribution in [2.24, 2.45) is 10.2 Å². The zero-order valence-corrected chi connectivity index (χ0v) is 17.2. The fourth-order valence-corrected chi connectivity index (χ4v) is 2.65. The Morgan fingerprint density at radius 3 is 2.17 bits per heavy atom. The molecule has 1 aromatic heterocycles. The quantitative estimate of drug-likeness (QED) is 0.402. The highest BCUT2D eigenvalue weighted by molar-refractivity contribution is 5.74. The molecule has 2 aromatic rings. The topological polar surface area (TPSA) is 104 Å². The van der Waals surface area contributed by atoms with Crippen molar-refractivity contribution in [1.29, 1.82) is 5.26 Å². The Morgan fingerprint density at radius 1 is 0.966 bits per heavy atom. The molecule has 0 fully saturated rings. The summed E-state index contributed by atoms with van der Waals surface area (Å²) in [5, 5.41) is 24.9. The molecule has 0 spiro atoms. The second-order valence-corrected chi connectivity index (χ2v) is 6.35. The van der Waals surface area contributed by atoms with Crippen molar-refractivity contribution in [2.75, 3.05) is 51.2 Å². The highest BCUT2D eigenvalue weighted by Gasteiger charge is 2.17. The maximum absolute atomic E-state index is 9.68. The predicted octanol–water partition coefficient (Wildman–Crippen LogP) is 4.57. The number of anilines is 2. The lowest BCUT2D eigenvalue weighted by molar-refractivity contribution is 0.197. The van der Waals surface area contributed by atoms with Crippen molar-refractivity contribution < 1.29 is 9.47 Å². The molecule has 0 aliphatic heterocycles. The van der Waals surface area contributed by atoms with E-state index in [1.807, 2.05) is 37.3 Å². The number of nitrogens with zero attached hydrogens (tertiary/aromatic N) is 4. The minimum Gasteiger partial charge on any atom is -0.385 e. The molecule has 1 heterocycles. The van der Waals surface area contributed by atoms with Crippen molar-refractivity contribution in [1.82, 2.24) is 4.98 Å². The Labute approximate surface area is 172 Å². The van der Waals surface area contributed by atoms with Gasteiger partial charge in [-0.3, -0.25) is 0 Å². The molecule has 0 aliphatic rings. The van der Waals surface area contributed by atoms with Crippen LogP contribution >= 0.6 is 0 Å². The van der Waals surface area contributed by atoms with Gasteiger partial charge < -0.3 is 20.1 Å². The Bertz CT molecular complexity index is 833. The van der Waals surface area contributed by atoms with Gasteiger partial charge in [-0.25, -0.2) is 4.98 Å². The highest BCUT2D eigenvalue weighted by atomic mass is 16.5. The minimum absolute atomic E-state index is 0.465. The molecule has 8 heteroatoms. The van der Waals surface area contributed by atoms with Crippen molar-refractivity contribution in [2.45, 2.75) is 19.8 Å². The van der Waals surface area contributed by atoms with Gasteiger partial charge in [0.1, 0.15) is 17.6 Å². The van der Waals surface area contributed by atoms with E-state index in [2.05, 4.69) is 31.9 Å². The van der Waals surface area contributed by atoms with Gasteiger partial charge >= 0.3 is 0 Å². The van der Waals surface area contributed by atoms with E-state index >= 15 is 0 Å². The standard InChI is InChI=1S/C21H28N6O2/c1-16-18(15-22)20(23-11-7-13-28-2)25-21(24-12-8-14-29-3)19(16)27-26-17-9-5-4-6-10-17/h4-6,9-10H,7-8,11-14H2,1-3H3,(H2,23,24,25). The Morgan fingerprint density at radius 2 is 1.59 bits per heavy atom. The second kappa shape index (κ2) is 12.4. The average molecular weight is 396 g/mol. The smallest absolute Gasteiger partial charge is 0.156 e. The first kappa shape index (κ1) is 22.3. The molecule has 154 valence electrons. The lowest BCUT2D eigenvalue weighted by Gasteiger charge is -2.15. The normalized spacial score (nSPS) is 10.8. The van der Waals surface area contributed by atoms with Gasteiger partial charge in [-0.15, -0.1) is 5.11 Å². The van der Waals surface area contributed by atoms with Crippen LogP contribution in [0.1, 0.15) is 24.0 Å². The first-order valence-electron chi connectivity index (χ1n) is 9.58. The van der Waals surface area contributed by atoms with Crippen LogP contribution in [0.5, 0.6) is 0 Å². The number of hydrogen-bond donors (Lipinski definition) is 2. The molecular formula is C21H28N6O2. The van der Waals surface area contributed by atoms with Crippen LogP contribution in [0.3, 0.4) is 0 Å². The summed E-state index contributed by atoms with van der Waals surface area (Å²) in [6.07, 6.45) is 1.64. The first-order valence-corrected chi connectivity index (χ1v) is 9.58. The number of azo groups is 1. The fourth-order valence-electron chi connectivity index (χ4n) is 2.65. The number of rotatable bonds is 12. The highest BCUT2D eigenvalue weighted by Crippen LogP contribution is 2.34.